The predicted molar refractivity (Wildman–Crippen MR) is 92.2 cm³/mol. The molecular weight excluding hydrogens is 406 g/mol. The summed E-state index contributed by atoms with van der Waals surface area (Å²) in [5.74, 6) is -0.598. The van der Waals surface area contributed by atoms with Crippen molar-refractivity contribution in [3.05, 3.63) is 58.7 Å². The van der Waals surface area contributed by atoms with Crippen LogP contribution < -0.4 is 10.6 Å². The number of carbonyl (C=O) groups is 2. The van der Waals surface area contributed by atoms with Crippen molar-refractivity contribution in [3.8, 4) is 0 Å². The van der Waals surface area contributed by atoms with E-state index >= 15 is 0 Å². The van der Waals surface area contributed by atoms with Crippen LogP contribution in [0.5, 0.6) is 0 Å². The van der Waals surface area contributed by atoms with Gasteiger partial charge in [0.25, 0.3) is 5.91 Å². The second kappa shape index (κ2) is 8.34. The number of rotatable bonds is 7. The van der Waals surface area contributed by atoms with Crippen LogP contribution in [0.15, 0.2) is 45.9 Å². The first-order valence-corrected chi connectivity index (χ1v) is 8.38. The zero-order valence-electron chi connectivity index (χ0n) is 13.4. The molecule has 0 radical (unpaired) electrons. The molecular formula is C15H14BrN7O3. The first-order chi connectivity index (χ1) is 12.6. The third kappa shape index (κ3) is 4.72. The van der Waals surface area contributed by atoms with Gasteiger partial charge >= 0.3 is 11.8 Å². The summed E-state index contributed by atoms with van der Waals surface area (Å²) in [6, 6.07) is 3.32. The highest BCUT2D eigenvalue weighted by atomic mass is 79.9. The molecule has 3 aromatic rings. The lowest BCUT2D eigenvalue weighted by Gasteiger charge is -2.05. The monoisotopic (exact) mass is 419 g/mol. The van der Waals surface area contributed by atoms with E-state index in [1.807, 2.05) is 0 Å². The van der Waals surface area contributed by atoms with Gasteiger partial charge in [-0.15, -0.1) is 0 Å². The molecule has 2 amide bonds. The Morgan fingerprint density at radius 2 is 2.00 bits per heavy atom. The first kappa shape index (κ1) is 17.7. The van der Waals surface area contributed by atoms with Gasteiger partial charge in [0.1, 0.15) is 6.54 Å². The molecule has 0 aliphatic rings. The van der Waals surface area contributed by atoms with Crippen molar-refractivity contribution in [1.82, 2.24) is 35.5 Å². The van der Waals surface area contributed by atoms with Gasteiger partial charge in [0, 0.05) is 31.7 Å². The SMILES string of the molecule is O=C(NCCNC(=O)c1nc(Cn2cc(Br)cn2)no1)c1cccnc1. The molecule has 3 heterocycles. The van der Waals surface area contributed by atoms with Crippen LogP contribution in [-0.2, 0) is 6.54 Å². The molecule has 3 rings (SSSR count). The summed E-state index contributed by atoms with van der Waals surface area (Å²) in [5, 5.41) is 13.1. The van der Waals surface area contributed by atoms with Crippen molar-refractivity contribution in [2.75, 3.05) is 13.1 Å². The summed E-state index contributed by atoms with van der Waals surface area (Å²) >= 11 is 3.29. The Labute approximate surface area is 156 Å². The molecule has 134 valence electrons. The fraction of sp³-hybridized carbons (Fsp3) is 0.200. The number of amides is 2. The van der Waals surface area contributed by atoms with Crippen molar-refractivity contribution < 1.29 is 14.1 Å². The van der Waals surface area contributed by atoms with Crippen molar-refractivity contribution in [2.45, 2.75) is 6.54 Å². The molecule has 0 unspecified atom stereocenters. The topological polar surface area (TPSA) is 128 Å². The molecule has 10 nitrogen and oxygen atoms in total. The minimum Gasteiger partial charge on any atom is -0.350 e. The van der Waals surface area contributed by atoms with E-state index in [2.05, 4.69) is 46.8 Å². The molecule has 0 aliphatic carbocycles. The summed E-state index contributed by atoms with van der Waals surface area (Å²) in [5.41, 5.74) is 0.450. The van der Waals surface area contributed by atoms with E-state index < -0.39 is 5.91 Å². The van der Waals surface area contributed by atoms with Crippen LogP contribution in [0.4, 0.5) is 0 Å². The number of pyridine rings is 1. The smallest absolute Gasteiger partial charge is 0.316 e. The van der Waals surface area contributed by atoms with Gasteiger partial charge in [-0.3, -0.25) is 19.3 Å². The second-order valence-corrected chi connectivity index (χ2v) is 6.04. The molecule has 0 spiro atoms. The van der Waals surface area contributed by atoms with Gasteiger partial charge in [0.2, 0.25) is 0 Å². The molecule has 0 aromatic carbocycles. The third-order valence-electron chi connectivity index (χ3n) is 3.19. The van der Waals surface area contributed by atoms with Crippen molar-refractivity contribution in [3.63, 3.8) is 0 Å². The quantitative estimate of drug-likeness (QED) is 0.537. The Kier molecular flexibility index (Phi) is 5.69. The molecule has 26 heavy (non-hydrogen) atoms. The standard InChI is InChI=1S/C15H14BrN7O3/c16-11-7-20-23(8-11)9-12-21-15(26-22-12)14(25)19-5-4-18-13(24)10-2-1-3-17-6-10/h1-3,6-8H,4-5,9H2,(H,18,24)(H,19,25). The summed E-state index contributed by atoms with van der Waals surface area (Å²) in [6.45, 7) is 0.750. The largest absolute Gasteiger partial charge is 0.350 e. The maximum Gasteiger partial charge on any atom is 0.316 e. The Hall–Kier alpha value is -3.08. The molecule has 0 atom stereocenters. The maximum atomic E-state index is 12.0. The maximum absolute atomic E-state index is 12.0. The van der Waals surface area contributed by atoms with Crippen LogP contribution in [0.2, 0.25) is 0 Å². The molecule has 11 heteroatoms. The van der Waals surface area contributed by atoms with Gasteiger partial charge in [-0.1, -0.05) is 5.16 Å². The lowest BCUT2D eigenvalue weighted by molar-refractivity contribution is 0.0898. The van der Waals surface area contributed by atoms with E-state index in [4.69, 9.17) is 4.52 Å². The van der Waals surface area contributed by atoms with Crippen LogP contribution >= 0.6 is 15.9 Å². The lowest BCUT2D eigenvalue weighted by Crippen LogP contribution is -2.34. The predicted octanol–water partition coefficient (Wildman–Crippen LogP) is 0.632. The zero-order valence-corrected chi connectivity index (χ0v) is 15.0. The zero-order chi connectivity index (χ0) is 18.4. The number of nitrogens with zero attached hydrogens (tertiary/aromatic N) is 5. The number of hydrogen-bond acceptors (Lipinski definition) is 7. The molecule has 0 aliphatic heterocycles. The second-order valence-electron chi connectivity index (χ2n) is 5.13. The number of halogens is 1. The summed E-state index contributed by atoms with van der Waals surface area (Å²) in [6.07, 6.45) is 6.43. The van der Waals surface area contributed by atoms with Gasteiger partial charge in [-0.25, -0.2) is 0 Å². The fourth-order valence-electron chi connectivity index (χ4n) is 2.01. The summed E-state index contributed by atoms with van der Waals surface area (Å²) < 4.78 is 7.36. The van der Waals surface area contributed by atoms with Crippen LogP contribution in [0.25, 0.3) is 0 Å². The number of nitrogens with one attached hydrogen (secondary N) is 2. The molecule has 0 saturated heterocycles. The van der Waals surface area contributed by atoms with Gasteiger partial charge in [-0.05, 0) is 28.1 Å². The van der Waals surface area contributed by atoms with Crippen molar-refractivity contribution in [1.29, 1.82) is 0 Å². The average Bonchev–Trinajstić information content (AvgIpc) is 3.28. The molecule has 0 saturated carbocycles. The number of aromatic nitrogens is 5. The van der Waals surface area contributed by atoms with Gasteiger partial charge in [-0.2, -0.15) is 10.1 Å². The van der Waals surface area contributed by atoms with Gasteiger partial charge in [0.05, 0.1) is 16.2 Å². The van der Waals surface area contributed by atoms with Gasteiger partial charge in [0.15, 0.2) is 5.82 Å². The van der Waals surface area contributed by atoms with Crippen LogP contribution in [0.1, 0.15) is 26.9 Å². The highest BCUT2D eigenvalue weighted by Crippen LogP contribution is 2.07. The average molecular weight is 420 g/mol. The Morgan fingerprint density at radius 3 is 2.69 bits per heavy atom. The molecule has 0 fully saturated rings. The number of hydrogen-bond donors (Lipinski definition) is 2. The first-order valence-electron chi connectivity index (χ1n) is 7.59. The third-order valence-corrected chi connectivity index (χ3v) is 3.60. The van der Waals surface area contributed by atoms with Crippen LogP contribution in [-0.4, -0.2) is 49.8 Å². The van der Waals surface area contributed by atoms with E-state index in [1.165, 1.54) is 6.20 Å². The van der Waals surface area contributed by atoms with Crippen LogP contribution in [0, 0.1) is 0 Å². The minimum absolute atomic E-state index is 0.148. The Balaban J connectivity index is 1.43. The lowest BCUT2D eigenvalue weighted by atomic mass is 10.3. The summed E-state index contributed by atoms with van der Waals surface area (Å²) in [7, 11) is 0. The van der Waals surface area contributed by atoms with E-state index in [0.29, 0.717) is 11.4 Å². The molecule has 2 N–H and O–H groups in total. The highest BCUT2D eigenvalue weighted by Gasteiger charge is 2.15. The van der Waals surface area contributed by atoms with Crippen LogP contribution in [0.3, 0.4) is 0 Å². The minimum atomic E-state index is -0.513. The fourth-order valence-corrected chi connectivity index (χ4v) is 2.33. The van der Waals surface area contributed by atoms with E-state index in [0.717, 1.165) is 4.47 Å². The number of carbonyl (C=O) groups excluding carboxylic acids is 2. The molecule has 3 aromatic heterocycles. The Morgan fingerprint density at radius 1 is 1.19 bits per heavy atom. The normalized spacial score (nSPS) is 10.5. The van der Waals surface area contributed by atoms with E-state index in [1.54, 1.807) is 35.4 Å². The summed E-state index contributed by atoms with van der Waals surface area (Å²) in [4.78, 5) is 31.7. The molecule has 0 bridgehead atoms. The van der Waals surface area contributed by atoms with Gasteiger partial charge < -0.3 is 15.2 Å². The Bertz CT molecular complexity index is 894. The van der Waals surface area contributed by atoms with E-state index in [-0.39, 0.29) is 31.4 Å². The van der Waals surface area contributed by atoms with Crippen molar-refractivity contribution >= 4 is 27.7 Å². The van der Waals surface area contributed by atoms with Crippen molar-refractivity contribution in [2.24, 2.45) is 0 Å². The highest BCUT2D eigenvalue weighted by molar-refractivity contribution is 9.10. The van der Waals surface area contributed by atoms with E-state index in [9.17, 15) is 9.59 Å².